The number of nitrogens with one attached hydrogen (secondary N) is 2. The first kappa shape index (κ1) is 16.8. The summed E-state index contributed by atoms with van der Waals surface area (Å²) in [5, 5.41) is 10.7. The fraction of sp³-hybridized carbons (Fsp3) is 0.0952. The number of para-hydroxylation sites is 1. The van der Waals surface area contributed by atoms with E-state index in [1.165, 1.54) is 0 Å². The van der Waals surface area contributed by atoms with Crippen LogP contribution in [0.5, 0.6) is 5.75 Å². The van der Waals surface area contributed by atoms with Crippen molar-refractivity contribution in [2.75, 3.05) is 0 Å². The van der Waals surface area contributed by atoms with Gasteiger partial charge in [0.25, 0.3) is 5.91 Å². The van der Waals surface area contributed by atoms with E-state index < -0.39 is 0 Å². The van der Waals surface area contributed by atoms with Gasteiger partial charge >= 0.3 is 0 Å². The van der Waals surface area contributed by atoms with E-state index in [4.69, 9.17) is 4.74 Å². The van der Waals surface area contributed by atoms with Crippen LogP contribution >= 0.6 is 0 Å². The quantitative estimate of drug-likeness (QED) is 0.553. The van der Waals surface area contributed by atoms with Crippen LogP contribution in [0.4, 0.5) is 0 Å². The molecule has 6 nitrogen and oxygen atoms in total. The molecule has 4 aromatic rings. The van der Waals surface area contributed by atoms with Gasteiger partial charge in [0.1, 0.15) is 12.4 Å². The molecule has 0 saturated carbocycles. The zero-order chi connectivity index (χ0) is 18.5. The molecule has 0 radical (unpaired) electrons. The van der Waals surface area contributed by atoms with E-state index in [0.29, 0.717) is 18.7 Å². The highest BCUT2D eigenvalue weighted by Crippen LogP contribution is 2.16. The summed E-state index contributed by atoms with van der Waals surface area (Å²) in [7, 11) is 0. The van der Waals surface area contributed by atoms with Crippen LogP contribution in [-0.2, 0) is 13.2 Å². The number of H-pyrrole nitrogens is 1. The lowest BCUT2D eigenvalue weighted by atomic mass is 10.1. The van der Waals surface area contributed by atoms with Crippen LogP contribution in [0.3, 0.4) is 0 Å². The summed E-state index contributed by atoms with van der Waals surface area (Å²) in [6.45, 7) is 0.907. The van der Waals surface area contributed by atoms with Gasteiger partial charge in [-0.1, -0.05) is 30.3 Å². The molecule has 6 heteroatoms. The lowest BCUT2D eigenvalue weighted by Crippen LogP contribution is -2.23. The first-order valence-electron chi connectivity index (χ1n) is 8.60. The van der Waals surface area contributed by atoms with Crippen molar-refractivity contribution >= 4 is 16.8 Å². The predicted molar refractivity (Wildman–Crippen MR) is 102 cm³/mol. The molecule has 0 fully saturated rings. The van der Waals surface area contributed by atoms with Crippen molar-refractivity contribution in [3.63, 3.8) is 0 Å². The maximum Gasteiger partial charge on any atom is 0.253 e. The third kappa shape index (κ3) is 3.95. The van der Waals surface area contributed by atoms with Crippen molar-refractivity contribution < 1.29 is 9.53 Å². The number of carbonyl (C=O) groups excluding carboxylic acids is 1. The minimum Gasteiger partial charge on any atom is -0.489 e. The summed E-state index contributed by atoms with van der Waals surface area (Å²) >= 11 is 0. The van der Waals surface area contributed by atoms with Gasteiger partial charge in [0, 0.05) is 29.9 Å². The average Bonchev–Trinajstić information content (AvgIpc) is 3.21. The summed E-state index contributed by atoms with van der Waals surface area (Å²) < 4.78 is 5.74. The molecule has 0 aliphatic rings. The molecule has 1 amide bonds. The molecule has 0 atom stereocenters. The van der Waals surface area contributed by atoms with E-state index in [-0.39, 0.29) is 5.91 Å². The first-order valence-corrected chi connectivity index (χ1v) is 8.60. The molecule has 0 aliphatic carbocycles. The van der Waals surface area contributed by atoms with E-state index in [0.717, 1.165) is 27.8 Å². The molecular weight excluding hydrogens is 340 g/mol. The van der Waals surface area contributed by atoms with Crippen LogP contribution in [-0.4, -0.2) is 21.1 Å². The molecule has 134 valence electrons. The summed E-state index contributed by atoms with van der Waals surface area (Å²) in [6, 6.07) is 17.1. The Kier molecular flexibility index (Phi) is 4.78. The van der Waals surface area contributed by atoms with Gasteiger partial charge in [-0.15, -0.1) is 0 Å². The third-order valence-electron chi connectivity index (χ3n) is 4.23. The van der Waals surface area contributed by atoms with Gasteiger partial charge in [0.2, 0.25) is 0 Å². The Morgan fingerprint density at radius 3 is 2.70 bits per heavy atom. The highest BCUT2D eigenvalue weighted by atomic mass is 16.5. The number of carbonyl (C=O) groups is 1. The Hall–Kier alpha value is -3.67. The Labute approximate surface area is 156 Å². The number of rotatable bonds is 6. The van der Waals surface area contributed by atoms with Crippen molar-refractivity contribution in [1.29, 1.82) is 0 Å². The molecule has 2 aromatic carbocycles. The van der Waals surface area contributed by atoms with Crippen molar-refractivity contribution in [3.8, 4) is 5.75 Å². The lowest BCUT2D eigenvalue weighted by Gasteiger charge is -2.09. The molecule has 0 spiro atoms. The molecule has 0 bridgehead atoms. The number of pyridine rings is 1. The van der Waals surface area contributed by atoms with Crippen LogP contribution in [0.1, 0.15) is 21.5 Å². The normalized spacial score (nSPS) is 10.7. The second-order valence-corrected chi connectivity index (χ2v) is 6.12. The summed E-state index contributed by atoms with van der Waals surface area (Å²) in [6.07, 6.45) is 5.22. The average molecular weight is 358 g/mol. The largest absolute Gasteiger partial charge is 0.489 e. The predicted octanol–water partition coefficient (Wildman–Crippen LogP) is 3.47. The highest BCUT2D eigenvalue weighted by molar-refractivity contribution is 6.05. The van der Waals surface area contributed by atoms with Crippen LogP contribution in [0.15, 0.2) is 73.2 Å². The fourth-order valence-electron chi connectivity index (χ4n) is 2.79. The molecule has 2 aromatic heterocycles. The molecule has 0 unspecified atom stereocenters. The minimum absolute atomic E-state index is 0.137. The number of benzene rings is 2. The summed E-state index contributed by atoms with van der Waals surface area (Å²) in [4.78, 5) is 16.5. The smallest absolute Gasteiger partial charge is 0.253 e. The maximum absolute atomic E-state index is 12.5. The number of hydrogen-bond acceptors (Lipinski definition) is 4. The first-order chi connectivity index (χ1) is 13.3. The van der Waals surface area contributed by atoms with Crippen molar-refractivity contribution in [1.82, 2.24) is 20.5 Å². The zero-order valence-electron chi connectivity index (χ0n) is 14.6. The Bertz CT molecular complexity index is 1040. The minimum atomic E-state index is -0.137. The SMILES string of the molecule is O=C(NCc1ccc(OCc2cccnc2)cc1)c1cccc2cn[nH]c12. The van der Waals surface area contributed by atoms with E-state index in [9.17, 15) is 4.79 Å². The topological polar surface area (TPSA) is 79.9 Å². The van der Waals surface area contributed by atoms with Gasteiger partial charge in [0.05, 0.1) is 17.3 Å². The zero-order valence-corrected chi connectivity index (χ0v) is 14.6. The molecule has 2 N–H and O–H groups in total. The number of nitrogens with zero attached hydrogens (tertiary/aromatic N) is 2. The Morgan fingerprint density at radius 2 is 1.89 bits per heavy atom. The second-order valence-electron chi connectivity index (χ2n) is 6.12. The molecule has 27 heavy (non-hydrogen) atoms. The Morgan fingerprint density at radius 1 is 1.00 bits per heavy atom. The number of fused-ring (bicyclic) bond motifs is 1. The van der Waals surface area contributed by atoms with Crippen LogP contribution in [0, 0.1) is 0 Å². The van der Waals surface area contributed by atoms with Crippen LogP contribution in [0.25, 0.3) is 10.9 Å². The number of ether oxygens (including phenoxy) is 1. The maximum atomic E-state index is 12.5. The standard InChI is InChI=1S/C21H18N4O2/c26-21(19-5-1-4-17-13-24-25-20(17)19)23-12-15-6-8-18(9-7-15)27-14-16-3-2-10-22-11-16/h1-11,13H,12,14H2,(H,23,26)(H,24,25). The highest BCUT2D eigenvalue weighted by Gasteiger charge is 2.10. The van der Waals surface area contributed by atoms with Crippen LogP contribution in [0.2, 0.25) is 0 Å². The molecule has 2 heterocycles. The monoisotopic (exact) mass is 358 g/mol. The van der Waals surface area contributed by atoms with Gasteiger partial charge in [-0.05, 0) is 29.8 Å². The molecular formula is C21H18N4O2. The number of aromatic amines is 1. The van der Waals surface area contributed by atoms with Crippen LogP contribution < -0.4 is 10.1 Å². The van der Waals surface area contributed by atoms with Gasteiger partial charge in [-0.25, -0.2) is 0 Å². The van der Waals surface area contributed by atoms with E-state index in [1.54, 1.807) is 24.7 Å². The van der Waals surface area contributed by atoms with Gasteiger partial charge in [-0.2, -0.15) is 5.10 Å². The fourth-order valence-corrected chi connectivity index (χ4v) is 2.79. The van der Waals surface area contributed by atoms with Crippen molar-refractivity contribution in [3.05, 3.63) is 89.9 Å². The van der Waals surface area contributed by atoms with Gasteiger partial charge in [0.15, 0.2) is 0 Å². The number of hydrogen-bond donors (Lipinski definition) is 2. The van der Waals surface area contributed by atoms with E-state index in [2.05, 4.69) is 20.5 Å². The summed E-state index contributed by atoms with van der Waals surface area (Å²) in [5.74, 6) is 0.637. The van der Waals surface area contributed by atoms with E-state index >= 15 is 0 Å². The Balaban J connectivity index is 1.34. The molecule has 0 aliphatic heterocycles. The van der Waals surface area contributed by atoms with E-state index in [1.807, 2.05) is 48.5 Å². The molecule has 4 rings (SSSR count). The van der Waals surface area contributed by atoms with Gasteiger partial charge < -0.3 is 10.1 Å². The van der Waals surface area contributed by atoms with Crippen molar-refractivity contribution in [2.45, 2.75) is 13.2 Å². The third-order valence-corrected chi connectivity index (χ3v) is 4.23. The number of amides is 1. The van der Waals surface area contributed by atoms with Gasteiger partial charge in [-0.3, -0.25) is 14.9 Å². The van der Waals surface area contributed by atoms with Crippen molar-refractivity contribution in [2.24, 2.45) is 0 Å². The lowest BCUT2D eigenvalue weighted by molar-refractivity contribution is 0.0952. The summed E-state index contributed by atoms with van der Waals surface area (Å²) in [5.41, 5.74) is 3.34. The second kappa shape index (κ2) is 7.70. The molecule has 0 saturated heterocycles. The number of aromatic nitrogens is 3.